The minimum Gasteiger partial charge on any atom is -0.493 e. The zero-order chi connectivity index (χ0) is 50.7. The number of hydrogen-bond donors (Lipinski definition) is 0. The van der Waals surface area contributed by atoms with Crippen LogP contribution in [0.4, 0.5) is 21.0 Å². The lowest BCUT2D eigenvalue weighted by Gasteiger charge is -2.44. The Labute approximate surface area is 411 Å². The summed E-state index contributed by atoms with van der Waals surface area (Å²) in [5, 5.41) is -0.313. The molecule has 18 heteroatoms. The molecule has 2 fully saturated rings. The van der Waals surface area contributed by atoms with E-state index in [9.17, 15) is 24.0 Å². The van der Waals surface area contributed by atoms with Crippen LogP contribution in [0.1, 0.15) is 85.0 Å². The summed E-state index contributed by atoms with van der Waals surface area (Å²) < 4.78 is 48.6. The van der Waals surface area contributed by atoms with Crippen LogP contribution < -0.4 is 28.7 Å². The molecule has 0 unspecified atom stereocenters. The molecule has 70 heavy (non-hydrogen) atoms. The minimum atomic E-state index is -2.72. The van der Waals surface area contributed by atoms with Gasteiger partial charge in [-0.3, -0.25) is 14.5 Å². The monoisotopic (exact) mass is 982 g/mol. The molecule has 0 N–H and O–H groups in total. The summed E-state index contributed by atoms with van der Waals surface area (Å²) in [6.07, 6.45) is 1.03. The molecular weight excluding hydrogens is 917 g/mol. The van der Waals surface area contributed by atoms with Crippen LogP contribution in [0, 0.1) is 5.92 Å². The predicted octanol–water partition coefficient (Wildman–Crippen LogP) is 8.86. The highest BCUT2D eigenvalue weighted by atomic mass is 28.4. The molecule has 4 aliphatic rings. The lowest BCUT2D eigenvalue weighted by molar-refractivity contribution is 0.0314. The largest absolute Gasteiger partial charge is 0.493 e. The number of anilines is 2. The standard InChI is InChI=1S/C52H66N4O13Si/c1-12-20-66-50(60)55-33(4)38-24-32(3)30-53(38)46(57)36-26-42(62-8)44(28-39(36)55)64-22-17-23-65-45-29-40-37(27-43(45)63-9)47(58)54-31-35(68-49(59)34-18-15-14-16-19-34)25-41(54)48(56(40)51(61)67-21-13-2)69-70(10,11)52(5,6)7/h12-16,18-19,26-29,32-33,35,38,41,48H,1-2,17,20-25,30-31H2,3-11H3/t32-,33-,35-,38-,41-,48-/m0/s1. The summed E-state index contributed by atoms with van der Waals surface area (Å²) in [5.74, 6) is 0.171. The molecule has 4 aliphatic heterocycles. The second-order valence-corrected chi connectivity index (χ2v) is 24.3. The second-order valence-electron chi connectivity index (χ2n) is 19.6. The first-order valence-corrected chi connectivity index (χ1v) is 26.6. The number of ether oxygens (including phenoxy) is 7. The third-order valence-electron chi connectivity index (χ3n) is 13.8. The number of fused-ring (bicyclic) bond motifs is 4. The maximum Gasteiger partial charge on any atom is 0.416 e. The van der Waals surface area contributed by atoms with Gasteiger partial charge in [0.15, 0.2) is 37.5 Å². The van der Waals surface area contributed by atoms with Crippen LogP contribution in [-0.2, 0) is 18.6 Å². The van der Waals surface area contributed by atoms with Gasteiger partial charge in [-0.2, -0.15) is 0 Å². The predicted molar refractivity (Wildman–Crippen MR) is 265 cm³/mol. The van der Waals surface area contributed by atoms with Gasteiger partial charge in [-0.15, -0.1) is 0 Å². The number of carbonyl (C=O) groups excluding carboxylic acids is 5. The van der Waals surface area contributed by atoms with E-state index >= 15 is 0 Å². The Kier molecular flexibility index (Phi) is 15.6. The van der Waals surface area contributed by atoms with E-state index in [2.05, 4.69) is 53.9 Å². The average molecular weight is 983 g/mol. The molecular formula is C52H66N4O13Si. The molecule has 3 aromatic carbocycles. The number of benzene rings is 3. The van der Waals surface area contributed by atoms with Crippen LogP contribution in [0.25, 0.3) is 0 Å². The molecule has 6 atom stereocenters. The number of methoxy groups -OCH3 is 2. The SMILES string of the molecule is C=CCOC(=O)N1c2cc(OCCCOc3cc4c(cc3OC)C(=O)N3C[C@@H](OC(=O)c5ccccc5)C[C@H]3[C@H](O[Si](C)(C)C(C)(C)C)N4C(=O)OCC=C)c(OC)cc2C(=O)N2C[C@@H](C)C[C@H]2[C@@H]1C. The van der Waals surface area contributed by atoms with Crippen molar-refractivity contribution < 1.29 is 61.6 Å². The average Bonchev–Trinajstić information content (AvgIpc) is 3.91. The summed E-state index contributed by atoms with van der Waals surface area (Å²) >= 11 is 0. The fraction of sp³-hybridized carbons (Fsp3) is 0.481. The summed E-state index contributed by atoms with van der Waals surface area (Å²) in [6, 6.07) is 13.6. The van der Waals surface area contributed by atoms with Crippen molar-refractivity contribution in [2.24, 2.45) is 5.92 Å². The van der Waals surface area contributed by atoms with E-state index in [1.165, 1.54) is 42.2 Å². The second kappa shape index (κ2) is 21.2. The van der Waals surface area contributed by atoms with Gasteiger partial charge >= 0.3 is 18.2 Å². The van der Waals surface area contributed by atoms with Crippen molar-refractivity contribution in [1.82, 2.24) is 9.80 Å². The molecule has 4 amide bonds. The maximum absolute atomic E-state index is 14.9. The van der Waals surface area contributed by atoms with E-state index in [1.807, 2.05) is 11.8 Å². The fourth-order valence-corrected chi connectivity index (χ4v) is 10.5. The van der Waals surface area contributed by atoms with Crippen LogP contribution in [0.2, 0.25) is 18.1 Å². The van der Waals surface area contributed by atoms with Gasteiger partial charge in [0.05, 0.1) is 80.2 Å². The highest BCUT2D eigenvalue weighted by Crippen LogP contribution is 2.47. The Balaban J connectivity index is 1.17. The maximum atomic E-state index is 14.9. The summed E-state index contributed by atoms with van der Waals surface area (Å²) in [5.41, 5.74) is 1.34. The fourth-order valence-electron chi connectivity index (χ4n) is 9.28. The van der Waals surface area contributed by atoms with Crippen LogP contribution >= 0.6 is 0 Å². The van der Waals surface area contributed by atoms with Gasteiger partial charge in [-0.25, -0.2) is 19.3 Å². The van der Waals surface area contributed by atoms with E-state index < -0.39 is 56.8 Å². The number of hydrogen-bond acceptors (Lipinski definition) is 13. The molecule has 0 aromatic heterocycles. The van der Waals surface area contributed by atoms with E-state index in [0.717, 1.165) is 6.42 Å². The molecule has 0 aliphatic carbocycles. The van der Waals surface area contributed by atoms with E-state index in [-0.39, 0.29) is 85.0 Å². The van der Waals surface area contributed by atoms with Crippen LogP contribution in [0.15, 0.2) is 79.9 Å². The highest BCUT2D eigenvalue weighted by molar-refractivity contribution is 6.74. The van der Waals surface area contributed by atoms with Gasteiger partial charge in [0.25, 0.3) is 11.8 Å². The van der Waals surface area contributed by atoms with Gasteiger partial charge in [-0.05, 0) is 61.7 Å². The zero-order valence-electron chi connectivity index (χ0n) is 41.7. The number of nitrogens with zero attached hydrogens (tertiary/aromatic N) is 4. The normalized spacial score (nSPS) is 21.8. The Morgan fingerprint density at radius 2 is 1.26 bits per heavy atom. The van der Waals surface area contributed by atoms with Gasteiger partial charge in [0.2, 0.25) is 0 Å². The van der Waals surface area contributed by atoms with Gasteiger partial charge in [-0.1, -0.05) is 71.2 Å². The minimum absolute atomic E-state index is 0.00276. The van der Waals surface area contributed by atoms with Crippen molar-refractivity contribution in [2.75, 3.05) is 63.5 Å². The van der Waals surface area contributed by atoms with E-state index in [4.69, 9.17) is 37.6 Å². The third-order valence-corrected chi connectivity index (χ3v) is 18.3. The van der Waals surface area contributed by atoms with Gasteiger partial charge in [0.1, 0.15) is 19.3 Å². The summed E-state index contributed by atoms with van der Waals surface area (Å²) in [4.78, 5) is 76.7. The van der Waals surface area contributed by atoms with Crippen molar-refractivity contribution in [3.8, 4) is 23.0 Å². The number of amides is 4. The Morgan fingerprint density at radius 3 is 1.79 bits per heavy atom. The molecule has 0 spiro atoms. The smallest absolute Gasteiger partial charge is 0.416 e. The van der Waals surface area contributed by atoms with E-state index in [1.54, 1.807) is 53.4 Å². The highest BCUT2D eigenvalue weighted by Gasteiger charge is 2.53. The Hall–Kier alpha value is -6.53. The molecule has 3 aromatic rings. The summed E-state index contributed by atoms with van der Waals surface area (Å²) in [6.45, 7) is 22.5. The lowest BCUT2D eigenvalue weighted by atomic mass is 10.0. The van der Waals surface area contributed by atoms with Gasteiger partial charge in [0, 0.05) is 31.5 Å². The molecule has 7 rings (SSSR count). The third kappa shape index (κ3) is 10.3. The molecule has 0 bridgehead atoms. The topological polar surface area (TPSA) is 172 Å². The number of esters is 1. The summed E-state index contributed by atoms with van der Waals surface area (Å²) in [7, 11) is 0.211. The number of rotatable bonds is 16. The van der Waals surface area contributed by atoms with Crippen LogP contribution in [0.3, 0.4) is 0 Å². The molecule has 17 nitrogen and oxygen atoms in total. The van der Waals surface area contributed by atoms with Crippen molar-refractivity contribution in [1.29, 1.82) is 0 Å². The molecule has 4 heterocycles. The molecule has 0 saturated carbocycles. The first-order chi connectivity index (χ1) is 33.3. The first kappa shape index (κ1) is 51.3. The lowest BCUT2D eigenvalue weighted by Crippen LogP contribution is -2.58. The first-order valence-electron chi connectivity index (χ1n) is 23.7. The van der Waals surface area contributed by atoms with Crippen LogP contribution in [-0.4, -0.2) is 132 Å². The van der Waals surface area contributed by atoms with E-state index in [0.29, 0.717) is 41.3 Å². The molecule has 376 valence electrons. The molecule has 2 saturated heterocycles. The quantitative estimate of drug-likeness (QED) is 0.0439. The van der Waals surface area contributed by atoms with Crippen molar-refractivity contribution >= 4 is 49.7 Å². The zero-order valence-corrected chi connectivity index (χ0v) is 42.7. The van der Waals surface area contributed by atoms with Crippen molar-refractivity contribution in [3.05, 3.63) is 96.6 Å². The van der Waals surface area contributed by atoms with Crippen LogP contribution in [0.5, 0.6) is 23.0 Å². The van der Waals surface area contributed by atoms with Crippen molar-refractivity contribution in [2.45, 2.75) is 102 Å². The number of carbonyl (C=O) groups is 5. The Bertz CT molecular complexity index is 2480. The molecule has 0 radical (unpaired) electrons. The Morgan fingerprint density at radius 1 is 0.729 bits per heavy atom. The van der Waals surface area contributed by atoms with Crippen molar-refractivity contribution in [3.63, 3.8) is 0 Å². The van der Waals surface area contributed by atoms with Gasteiger partial charge < -0.3 is 47.4 Å².